The van der Waals surface area contributed by atoms with Crippen LogP contribution in [0.3, 0.4) is 0 Å². The maximum absolute atomic E-state index is 12.4. The summed E-state index contributed by atoms with van der Waals surface area (Å²) in [5, 5.41) is 17.8. The van der Waals surface area contributed by atoms with Crippen molar-refractivity contribution in [3.8, 4) is 0 Å². The summed E-state index contributed by atoms with van der Waals surface area (Å²) in [5.41, 5.74) is 0.906. The number of carboxylic acid groups (broad SMARTS) is 1. The van der Waals surface area contributed by atoms with Gasteiger partial charge in [-0.05, 0) is 18.6 Å². The van der Waals surface area contributed by atoms with Crippen LogP contribution in [0.5, 0.6) is 0 Å². The van der Waals surface area contributed by atoms with Crippen molar-refractivity contribution in [2.45, 2.75) is 6.42 Å². The second-order valence-corrected chi connectivity index (χ2v) is 4.72. The van der Waals surface area contributed by atoms with Gasteiger partial charge in [0.25, 0.3) is 5.91 Å². The highest BCUT2D eigenvalue weighted by Gasteiger charge is 2.27. The first-order chi connectivity index (χ1) is 9.61. The molecule has 1 saturated heterocycles. The molecular formula is C14H16N2O4. The normalized spacial score (nSPS) is 18.6. The fourth-order valence-corrected chi connectivity index (χ4v) is 2.23. The van der Waals surface area contributed by atoms with Gasteiger partial charge in [-0.15, -0.1) is 0 Å². The highest BCUT2D eigenvalue weighted by atomic mass is 16.4. The first kappa shape index (κ1) is 14.2. The summed E-state index contributed by atoms with van der Waals surface area (Å²) in [5.74, 6) is -1.11. The predicted octanol–water partition coefficient (Wildman–Crippen LogP) is 0.634. The van der Waals surface area contributed by atoms with Crippen LogP contribution in [0.25, 0.3) is 6.08 Å². The molecule has 6 heteroatoms. The van der Waals surface area contributed by atoms with Crippen molar-refractivity contribution in [2.24, 2.45) is 5.92 Å². The molecule has 0 aromatic carbocycles. The van der Waals surface area contributed by atoms with Gasteiger partial charge >= 0.3 is 5.97 Å². The Bertz CT molecular complexity index is 542. The molecule has 20 heavy (non-hydrogen) atoms. The minimum Gasteiger partial charge on any atom is -0.478 e. The molecule has 1 aromatic heterocycles. The lowest BCUT2D eigenvalue weighted by molar-refractivity contribution is -0.131. The average molecular weight is 276 g/mol. The Kier molecular flexibility index (Phi) is 4.47. The van der Waals surface area contributed by atoms with Gasteiger partial charge in [0.1, 0.15) is 0 Å². The van der Waals surface area contributed by atoms with E-state index in [-0.39, 0.29) is 18.4 Å². The maximum atomic E-state index is 12.4. The molecule has 0 bridgehead atoms. The number of aliphatic hydroxyl groups is 1. The molecular weight excluding hydrogens is 260 g/mol. The van der Waals surface area contributed by atoms with E-state index >= 15 is 0 Å². The zero-order valence-electron chi connectivity index (χ0n) is 10.9. The molecule has 106 valence electrons. The number of hydrogen-bond acceptors (Lipinski definition) is 4. The third kappa shape index (κ3) is 3.21. The molecule has 2 N–H and O–H groups in total. The smallest absolute Gasteiger partial charge is 0.328 e. The summed E-state index contributed by atoms with van der Waals surface area (Å²) in [6, 6.07) is 1.58. The number of carboxylic acids is 1. The number of rotatable bonds is 4. The molecule has 1 amide bonds. The Labute approximate surface area is 116 Å². The number of nitrogens with zero attached hydrogens (tertiary/aromatic N) is 2. The zero-order valence-corrected chi connectivity index (χ0v) is 10.9. The van der Waals surface area contributed by atoms with Crippen LogP contribution in [0.2, 0.25) is 0 Å². The minimum atomic E-state index is -1.08. The Morgan fingerprint density at radius 3 is 2.95 bits per heavy atom. The first-order valence-corrected chi connectivity index (χ1v) is 6.37. The van der Waals surface area contributed by atoms with Crippen LogP contribution in [0.1, 0.15) is 22.3 Å². The Morgan fingerprint density at radius 2 is 2.30 bits per heavy atom. The van der Waals surface area contributed by atoms with Gasteiger partial charge in [0.05, 0.1) is 0 Å². The quantitative estimate of drug-likeness (QED) is 0.787. The molecule has 2 heterocycles. The molecule has 1 unspecified atom stereocenters. The van der Waals surface area contributed by atoms with Crippen molar-refractivity contribution in [1.29, 1.82) is 0 Å². The molecule has 2 rings (SSSR count). The van der Waals surface area contributed by atoms with E-state index in [1.54, 1.807) is 11.0 Å². The van der Waals surface area contributed by atoms with Crippen molar-refractivity contribution in [2.75, 3.05) is 19.7 Å². The molecule has 1 aliphatic heterocycles. The first-order valence-electron chi connectivity index (χ1n) is 6.37. The van der Waals surface area contributed by atoms with Crippen molar-refractivity contribution >= 4 is 18.0 Å². The van der Waals surface area contributed by atoms with Crippen LogP contribution in [0, 0.1) is 5.92 Å². The van der Waals surface area contributed by atoms with Crippen molar-refractivity contribution in [3.05, 3.63) is 35.7 Å². The second kappa shape index (κ2) is 6.29. The SMILES string of the molecule is O=C(O)/C=C/c1cnccc1C(=O)N1CCC(CO)C1. The minimum absolute atomic E-state index is 0.0753. The molecule has 0 saturated carbocycles. The van der Waals surface area contributed by atoms with Gasteiger partial charge in [-0.3, -0.25) is 9.78 Å². The summed E-state index contributed by atoms with van der Waals surface area (Å²) in [7, 11) is 0. The lowest BCUT2D eigenvalue weighted by atomic mass is 10.1. The molecule has 1 fully saturated rings. The maximum Gasteiger partial charge on any atom is 0.328 e. The Morgan fingerprint density at radius 1 is 1.50 bits per heavy atom. The largest absolute Gasteiger partial charge is 0.478 e. The zero-order chi connectivity index (χ0) is 14.5. The number of pyridine rings is 1. The number of aromatic nitrogens is 1. The summed E-state index contributed by atoms with van der Waals surface area (Å²) >= 11 is 0. The van der Waals surface area contributed by atoms with Crippen LogP contribution < -0.4 is 0 Å². The van der Waals surface area contributed by atoms with E-state index in [2.05, 4.69) is 4.98 Å². The van der Waals surface area contributed by atoms with Gasteiger partial charge in [0, 0.05) is 55.2 Å². The number of hydrogen-bond donors (Lipinski definition) is 2. The van der Waals surface area contributed by atoms with E-state index < -0.39 is 5.97 Å². The highest BCUT2D eigenvalue weighted by Crippen LogP contribution is 2.20. The fraction of sp³-hybridized carbons (Fsp3) is 0.357. The number of amides is 1. The van der Waals surface area contributed by atoms with Crippen LogP contribution in [0.4, 0.5) is 0 Å². The monoisotopic (exact) mass is 276 g/mol. The van der Waals surface area contributed by atoms with Crippen LogP contribution in [-0.2, 0) is 4.79 Å². The fourth-order valence-electron chi connectivity index (χ4n) is 2.23. The van der Waals surface area contributed by atoms with Crippen molar-refractivity contribution < 1.29 is 19.8 Å². The molecule has 1 aliphatic rings. The predicted molar refractivity (Wildman–Crippen MR) is 72.0 cm³/mol. The third-order valence-electron chi connectivity index (χ3n) is 3.32. The van der Waals surface area contributed by atoms with Crippen LogP contribution in [0.15, 0.2) is 24.5 Å². The Balaban J connectivity index is 2.20. The van der Waals surface area contributed by atoms with Gasteiger partial charge in [0.2, 0.25) is 0 Å². The van der Waals surface area contributed by atoms with Gasteiger partial charge < -0.3 is 15.1 Å². The summed E-state index contributed by atoms with van der Waals surface area (Å²) in [6.07, 6.45) is 6.10. The molecule has 1 aromatic rings. The summed E-state index contributed by atoms with van der Waals surface area (Å²) in [6.45, 7) is 1.21. The number of aliphatic carboxylic acids is 1. The van der Waals surface area contributed by atoms with Gasteiger partial charge in [-0.2, -0.15) is 0 Å². The van der Waals surface area contributed by atoms with Crippen molar-refractivity contribution in [3.63, 3.8) is 0 Å². The Hall–Kier alpha value is -2.21. The van der Waals surface area contributed by atoms with Gasteiger partial charge in [0.15, 0.2) is 0 Å². The van der Waals surface area contributed by atoms with E-state index in [1.165, 1.54) is 18.5 Å². The summed E-state index contributed by atoms with van der Waals surface area (Å²) in [4.78, 5) is 28.6. The standard InChI is InChI=1S/C14H16N2O4/c17-9-10-4-6-16(8-10)14(20)12-3-5-15-7-11(12)1-2-13(18)19/h1-3,5,7,10,17H,4,6,8-9H2,(H,18,19)/b2-1+. The molecule has 0 aliphatic carbocycles. The van der Waals surface area contributed by atoms with Gasteiger partial charge in [-0.25, -0.2) is 4.79 Å². The molecule has 1 atom stereocenters. The lowest BCUT2D eigenvalue weighted by Gasteiger charge is -2.17. The van der Waals surface area contributed by atoms with E-state index in [1.807, 2.05) is 0 Å². The van der Waals surface area contributed by atoms with Gasteiger partial charge in [-0.1, -0.05) is 0 Å². The van der Waals surface area contributed by atoms with E-state index in [0.29, 0.717) is 24.2 Å². The molecule has 0 spiro atoms. The van der Waals surface area contributed by atoms with E-state index in [4.69, 9.17) is 10.2 Å². The topological polar surface area (TPSA) is 90.7 Å². The highest BCUT2D eigenvalue weighted by molar-refractivity contribution is 5.98. The van der Waals surface area contributed by atoms with Crippen LogP contribution >= 0.6 is 0 Å². The molecule has 0 radical (unpaired) electrons. The second-order valence-electron chi connectivity index (χ2n) is 4.72. The van der Waals surface area contributed by atoms with Crippen LogP contribution in [-0.4, -0.2) is 51.7 Å². The van der Waals surface area contributed by atoms with Crippen molar-refractivity contribution in [1.82, 2.24) is 9.88 Å². The average Bonchev–Trinajstić information content (AvgIpc) is 2.93. The van der Waals surface area contributed by atoms with E-state index in [0.717, 1.165) is 12.5 Å². The number of aliphatic hydroxyl groups excluding tert-OH is 1. The summed E-state index contributed by atoms with van der Waals surface area (Å²) < 4.78 is 0. The number of carbonyl (C=O) groups excluding carboxylic acids is 1. The van der Waals surface area contributed by atoms with E-state index in [9.17, 15) is 9.59 Å². The molecule has 6 nitrogen and oxygen atoms in total. The lowest BCUT2D eigenvalue weighted by Crippen LogP contribution is -2.29. The number of carbonyl (C=O) groups is 2. The number of likely N-dealkylation sites (tertiary alicyclic amines) is 1. The third-order valence-corrected chi connectivity index (χ3v) is 3.32.